The van der Waals surface area contributed by atoms with Crippen LogP contribution >= 0.6 is 0 Å². The van der Waals surface area contributed by atoms with E-state index in [9.17, 15) is 4.79 Å². The Hall–Kier alpha value is -1.61. The molecule has 0 fully saturated rings. The molecule has 0 heterocycles. The number of benzene rings is 1. The molecule has 3 heteroatoms. The molecule has 19 heavy (non-hydrogen) atoms. The van der Waals surface area contributed by atoms with E-state index in [1.807, 2.05) is 18.2 Å². The summed E-state index contributed by atoms with van der Waals surface area (Å²) in [7, 11) is 4.10. The molecule has 0 radical (unpaired) electrons. The second-order valence-electron chi connectivity index (χ2n) is 5.38. The number of ketones is 1. The van der Waals surface area contributed by atoms with E-state index in [2.05, 4.69) is 36.4 Å². The van der Waals surface area contributed by atoms with Crippen molar-refractivity contribution in [3.63, 3.8) is 0 Å². The molecule has 0 aromatic heterocycles. The van der Waals surface area contributed by atoms with Crippen molar-refractivity contribution >= 4 is 5.78 Å². The van der Waals surface area contributed by atoms with Crippen LogP contribution in [0.4, 0.5) is 0 Å². The van der Waals surface area contributed by atoms with Crippen LogP contribution < -0.4 is 5.32 Å². The maximum absolute atomic E-state index is 11.8. The van der Waals surface area contributed by atoms with Gasteiger partial charge in [-0.15, -0.1) is 0 Å². The highest BCUT2D eigenvalue weighted by molar-refractivity contribution is 5.91. The van der Waals surface area contributed by atoms with Crippen molar-refractivity contribution in [2.75, 3.05) is 27.2 Å². The topological polar surface area (TPSA) is 32.3 Å². The number of allylic oxidation sites excluding steroid dienone is 2. The molecule has 2 rings (SSSR count). The molecule has 3 nitrogen and oxygen atoms in total. The molecule has 0 spiro atoms. The highest BCUT2D eigenvalue weighted by atomic mass is 16.1. The number of hydrogen-bond acceptors (Lipinski definition) is 3. The fourth-order valence-corrected chi connectivity index (χ4v) is 2.42. The molecule has 1 aliphatic carbocycles. The second-order valence-corrected chi connectivity index (χ2v) is 5.38. The van der Waals surface area contributed by atoms with Crippen molar-refractivity contribution in [2.45, 2.75) is 18.8 Å². The van der Waals surface area contributed by atoms with Gasteiger partial charge in [-0.05, 0) is 32.0 Å². The fourth-order valence-electron chi connectivity index (χ4n) is 2.42. The Labute approximate surface area is 115 Å². The van der Waals surface area contributed by atoms with Crippen molar-refractivity contribution in [2.24, 2.45) is 0 Å². The van der Waals surface area contributed by atoms with E-state index >= 15 is 0 Å². The summed E-state index contributed by atoms with van der Waals surface area (Å²) in [5.41, 5.74) is 2.34. The van der Waals surface area contributed by atoms with Crippen molar-refractivity contribution in [3.05, 3.63) is 47.7 Å². The molecule has 0 saturated carbocycles. The molecule has 1 atom stereocenters. The molecule has 0 bridgehead atoms. The van der Waals surface area contributed by atoms with E-state index in [4.69, 9.17) is 0 Å². The fraction of sp³-hybridized carbons (Fsp3) is 0.438. The van der Waals surface area contributed by atoms with E-state index < -0.39 is 0 Å². The average Bonchev–Trinajstić information content (AvgIpc) is 2.39. The molecule has 0 saturated heterocycles. The molecule has 1 aromatic rings. The maximum atomic E-state index is 11.8. The van der Waals surface area contributed by atoms with Gasteiger partial charge in [-0.1, -0.05) is 30.3 Å². The zero-order valence-corrected chi connectivity index (χ0v) is 11.7. The third kappa shape index (κ3) is 4.21. The Morgan fingerprint density at radius 1 is 1.21 bits per heavy atom. The Balaban J connectivity index is 1.97. The van der Waals surface area contributed by atoms with Gasteiger partial charge in [-0.3, -0.25) is 4.79 Å². The van der Waals surface area contributed by atoms with Gasteiger partial charge in [0.1, 0.15) is 0 Å². The van der Waals surface area contributed by atoms with Gasteiger partial charge in [-0.2, -0.15) is 0 Å². The Kier molecular flexibility index (Phi) is 4.74. The minimum atomic E-state index is 0.229. The highest BCUT2D eigenvalue weighted by Gasteiger charge is 2.21. The number of nitrogens with zero attached hydrogens (tertiary/aromatic N) is 1. The highest BCUT2D eigenvalue weighted by Crippen LogP contribution is 2.30. The van der Waals surface area contributed by atoms with Gasteiger partial charge < -0.3 is 10.2 Å². The molecule has 1 N–H and O–H groups in total. The van der Waals surface area contributed by atoms with Gasteiger partial charge in [0.15, 0.2) is 5.78 Å². The normalized spacial score (nSPS) is 19.4. The van der Waals surface area contributed by atoms with Crippen LogP contribution in [0.5, 0.6) is 0 Å². The first-order valence-electron chi connectivity index (χ1n) is 6.82. The first-order valence-corrected chi connectivity index (χ1v) is 6.82. The summed E-state index contributed by atoms with van der Waals surface area (Å²) < 4.78 is 0. The lowest BCUT2D eigenvalue weighted by Gasteiger charge is -2.24. The van der Waals surface area contributed by atoms with Gasteiger partial charge in [0, 0.05) is 31.3 Å². The summed E-state index contributed by atoms with van der Waals surface area (Å²) in [5.74, 6) is 0.549. The predicted octanol–water partition coefficient (Wildman–Crippen LogP) is 2.17. The van der Waals surface area contributed by atoms with E-state index in [1.54, 1.807) is 6.08 Å². The number of likely N-dealkylation sites (N-methyl/N-ethyl adjacent to an activating group) is 1. The van der Waals surface area contributed by atoms with Crippen LogP contribution in [-0.2, 0) is 4.79 Å². The molecule has 102 valence electrons. The lowest BCUT2D eigenvalue weighted by atomic mass is 9.85. The molecular weight excluding hydrogens is 236 g/mol. The zero-order valence-electron chi connectivity index (χ0n) is 11.7. The number of rotatable bonds is 5. The van der Waals surface area contributed by atoms with Gasteiger partial charge in [0.25, 0.3) is 0 Å². The first kappa shape index (κ1) is 13.8. The van der Waals surface area contributed by atoms with E-state index in [0.717, 1.165) is 25.2 Å². The van der Waals surface area contributed by atoms with Crippen LogP contribution in [0.3, 0.4) is 0 Å². The van der Waals surface area contributed by atoms with Crippen molar-refractivity contribution < 1.29 is 4.79 Å². The van der Waals surface area contributed by atoms with Crippen molar-refractivity contribution in [1.29, 1.82) is 0 Å². The van der Waals surface area contributed by atoms with Crippen LogP contribution in [-0.4, -0.2) is 37.9 Å². The number of carbonyl (C=O) groups excluding carboxylic acids is 1. The second kappa shape index (κ2) is 6.53. The van der Waals surface area contributed by atoms with E-state index in [0.29, 0.717) is 12.3 Å². The minimum Gasteiger partial charge on any atom is -0.387 e. The molecule has 1 aliphatic rings. The third-order valence-corrected chi connectivity index (χ3v) is 3.43. The number of hydrogen-bond donors (Lipinski definition) is 1. The Morgan fingerprint density at radius 2 is 1.95 bits per heavy atom. The molecule has 1 aromatic carbocycles. The van der Waals surface area contributed by atoms with Crippen molar-refractivity contribution in [1.82, 2.24) is 10.2 Å². The summed E-state index contributed by atoms with van der Waals surface area (Å²) in [6.07, 6.45) is 3.33. The van der Waals surface area contributed by atoms with E-state index in [-0.39, 0.29) is 5.78 Å². The largest absolute Gasteiger partial charge is 0.387 e. The third-order valence-electron chi connectivity index (χ3n) is 3.43. The SMILES string of the molecule is CN(C)CCNC1=CC(=O)CC(c2ccccc2)C1. The summed E-state index contributed by atoms with van der Waals surface area (Å²) in [6.45, 7) is 1.86. The summed E-state index contributed by atoms with van der Waals surface area (Å²) in [6, 6.07) is 10.3. The summed E-state index contributed by atoms with van der Waals surface area (Å²) >= 11 is 0. The Bertz CT molecular complexity index is 451. The average molecular weight is 258 g/mol. The first-order chi connectivity index (χ1) is 9.15. The minimum absolute atomic E-state index is 0.229. The van der Waals surface area contributed by atoms with Crippen LogP contribution in [0.2, 0.25) is 0 Å². The van der Waals surface area contributed by atoms with Gasteiger partial charge in [0.05, 0.1) is 0 Å². The van der Waals surface area contributed by atoms with Crippen LogP contribution in [0.25, 0.3) is 0 Å². The van der Waals surface area contributed by atoms with Crippen LogP contribution in [0, 0.1) is 0 Å². The molecular formula is C16H22N2O. The zero-order chi connectivity index (χ0) is 13.7. The van der Waals surface area contributed by atoms with Crippen molar-refractivity contribution in [3.8, 4) is 0 Å². The molecule has 1 unspecified atom stereocenters. The smallest absolute Gasteiger partial charge is 0.158 e. The van der Waals surface area contributed by atoms with Crippen LogP contribution in [0.15, 0.2) is 42.1 Å². The number of carbonyl (C=O) groups is 1. The standard InChI is InChI=1S/C16H22N2O/c1-18(2)9-8-17-15-10-14(11-16(19)12-15)13-6-4-3-5-7-13/h3-7,12,14,17H,8-11H2,1-2H3. The summed E-state index contributed by atoms with van der Waals surface area (Å²) in [5, 5.41) is 3.38. The lowest BCUT2D eigenvalue weighted by Crippen LogP contribution is -2.28. The van der Waals surface area contributed by atoms with Gasteiger partial charge in [-0.25, -0.2) is 0 Å². The monoisotopic (exact) mass is 258 g/mol. The van der Waals surface area contributed by atoms with Crippen LogP contribution in [0.1, 0.15) is 24.3 Å². The van der Waals surface area contributed by atoms with E-state index in [1.165, 1.54) is 5.56 Å². The quantitative estimate of drug-likeness (QED) is 0.878. The maximum Gasteiger partial charge on any atom is 0.158 e. The number of nitrogens with one attached hydrogen (secondary N) is 1. The van der Waals surface area contributed by atoms with Gasteiger partial charge in [0.2, 0.25) is 0 Å². The summed E-state index contributed by atoms with van der Waals surface area (Å²) in [4.78, 5) is 14.0. The lowest BCUT2D eigenvalue weighted by molar-refractivity contribution is -0.115. The molecule has 0 amide bonds. The Morgan fingerprint density at radius 3 is 2.63 bits per heavy atom. The predicted molar refractivity (Wildman–Crippen MR) is 78.1 cm³/mol. The van der Waals surface area contributed by atoms with Gasteiger partial charge >= 0.3 is 0 Å². The molecule has 0 aliphatic heterocycles.